The SMILES string of the molecule is COc1ccccc1N1CCN(C(=O)c2cc(SNc3ccc(CCN4CCCC4)cc3)ccc2C)CC1. The quantitative estimate of drug-likeness (QED) is 0.357. The van der Waals surface area contributed by atoms with E-state index < -0.39 is 0 Å². The number of carbonyl (C=O) groups excluding carboxylic acids is 1. The summed E-state index contributed by atoms with van der Waals surface area (Å²) in [6.45, 7) is 8.61. The number of hydrogen-bond acceptors (Lipinski definition) is 6. The molecule has 38 heavy (non-hydrogen) atoms. The highest BCUT2D eigenvalue weighted by Crippen LogP contribution is 2.29. The lowest BCUT2D eigenvalue weighted by Crippen LogP contribution is -2.49. The molecule has 2 aliphatic heterocycles. The van der Waals surface area contributed by atoms with Crippen LogP contribution in [0.15, 0.2) is 71.6 Å². The summed E-state index contributed by atoms with van der Waals surface area (Å²) in [6.07, 6.45) is 3.78. The van der Waals surface area contributed by atoms with Gasteiger partial charge in [0.15, 0.2) is 0 Å². The van der Waals surface area contributed by atoms with Gasteiger partial charge in [0, 0.05) is 48.9 Å². The van der Waals surface area contributed by atoms with E-state index in [1.54, 1.807) is 19.1 Å². The minimum atomic E-state index is 0.104. The predicted octanol–water partition coefficient (Wildman–Crippen LogP) is 5.72. The number of para-hydroxylation sites is 2. The maximum Gasteiger partial charge on any atom is 0.254 e. The van der Waals surface area contributed by atoms with Gasteiger partial charge in [0.2, 0.25) is 0 Å². The zero-order chi connectivity index (χ0) is 26.3. The van der Waals surface area contributed by atoms with Gasteiger partial charge >= 0.3 is 0 Å². The molecule has 0 atom stereocenters. The third-order valence-corrected chi connectivity index (χ3v) is 8.42. The van der Waals surface area contributed by atoms with Crippen molar-refractivity contribution < 1.29 is 9.53 Å². The number of amides is 1. The van der Waals surface area contributed by atoms with Gasteiger partial charge in [0.1, 0.15) is 5.75 Å². The summed E-state index contributed by atoms with van der Waals surface area (Å²) < 4.78 is 8.98. The highest BCUT2D eigenvalue weighted by molar-refractivity contribution is 8.00. The zero-order valence-electron chi connectivity index (χ0n) is 22.5. The fourth-order valence-electron chi connectivity index (χ4n) is 5.26. The molecule has 0 spiro atoms. The Labute approximate surface area is 231 Å². The summed E-state index contributed by atoms with van der Waals surface area (Å²) in [6, 6.07) is 22.9. The molecule has 2 fully saturated rings. The summed E-state index contributed by atoms with van der Waals surface area (Å²) in [5.74, 6) is 0.976. The van der Waals surface area contributed by atoms with Crippen LogP contribution in [0.4, 0.5) is 11.4 Å². The molecule has 3 aromatic carbocycles. The third-order valence-electron chi connectivity index (χ3n) is 7.59. The Morgan fingerprint density at radius 2 is 1.66 bits per heavy atom. The molecule has 7 heteroatoms. The first-order valence-electron chi connectivity index (χ1n) is 13.6. The number of nitrogens with one attached hydrogen (secondary N) is 1. The van der Waals surface area contributed by atoms with Crippen LogP contribution in [0.3, 0.4) is 0 Å². The van der Waals surface area contributed by atoms with Crippen LogP contribution in [0, 0.1) is 6.92 Å². The highest BCUT2D eigenvalue weighted by atomic mass is 32.2. The number of nitrogens with zero attached hydrogens (tertiary/aromatic N) is 3. The number of benzene rings is 3. The van der Waals surface area contributed by atoms with Crippen LogP contribution in [-0.4, -0.2) is 68.6 Å². The van der Waals surface area contributed by atoms with E-state index in [1.807, 2.05) is 42.2 Å². The molecule has 3 aromatic rings. The normalized spacial score (nSPS) is 16.1. The molecule has 200 valence electrons. The van der Waals surface area contributed by atoms with Crippen molar-refractivity contribution in [2.75, 3.05) is 62.5 Å². The number of methoxy groups -OCH3 is 1. The Bertz CT molecular complexity index is 1220. The lowest BCUT2D eigenvalue weighted by Gasteiger charge is -2.36. The van der Waals surface area contributed by atoms with E-state index in [0.29, 0.717) is 13.1 Å². The summed E-state index contributed by atoms with van der Waals surface area (Å²) in [4.78, 5) is 21.3. The number of ether oxygens (including phenoxy) is 1. The largest absolute Gasteiger partial charge is 0.495 e. The lowest BCUT2D eigenvalue weighted by atomic mass is 10.1. The molecule has 0 aromatic heterocycles. The molecule has 0 saturated carbocycles. The van der Waals surface area contributed by atoms with E-state index in [2.05, 4.69) is 50.9 Å². The van der Waals surface area contributed by atoms with Gasteiger partial charge in [-0.15, -0.1) is 0 Å². The average molecular weight is 531 g/mol. The average Bonchev–Trinajstić information content (AvgIpc) is 3.50. The Morgan fingerprint density at radius 3 is 2.39 bits per heavy atom. The van der Waals surface area contributed by atoms with Gasteiger partial charge in [0.25, 0.3) is 5.91 Å². The smallest absolute Gasteiger partial charge is 0.254 e. The summed E-state index contributed by atoms with van der Waals surface area (Å²) in [5, 5.41) is 0. The van der Waals surface area contributed by atoms with Crippen molar-refractivity contribution >= 4 is 29.2 Å². The van der Waals surface area contributed by atoms with Crippen LogP contribution < -0.4 is 14.4 Å². The first kappa shape index (κ1) is 26.4. The van der Waals surface area contributed by atoms with Crippen LogP contribution in [0.25, 0.3) is 0 Å². The molecule has 0 radical (unpaired) electrons. The molecule has 1 N–H and O–H groups in total. The molecule has 1 amide bonds. The zero-order valence-corrected chi connectivity index (χ0v) is 23.3. The van der Waals surface area contributed by atoms with E-state index in [9.17, 15) is 4.79 Å². The van der Waals surface area contributed by atoms with Crippen LogP contribution >= 0.6 is 11.9 Å². The number of rotatable bonds is 9. The molecule has 0 aliphatic carbocycles. The van der Waals surface area contributed by atoms with Gasteiger partial charge in [-0.25, -0.2) is 0 Å². The van der Waals surface area contributed by atoms with Gasteiger partial charge in [-0.2, -0.15) is 0 Å². The van der Waals surface area contributed by atoms with Crippen molar-refractivity contribution in [2.24, 2.45) is 0 Å². The monoisotopic (exact) mass is 530 g/mol. The predicted molar refractivity (Wildman–Crippen MR) is 158 cm³/mol. The number of likely N-dealkylation sites (tertiary alicyclic amines) is 1. The molecule has 0 unspecified atom stereocenters. The van der Waals surface area contributed by atoms with Gasteiger partial charge in [-0.05, 0) is 98.7 Å². The van der Waals surface area contributed by atoms with Gasteiger partial charge in [-0.1, -0.05) is 30.3 Å². The molecule has 5 rings (SSSR count). The lowest BCUT2D eigenvalue weighted by molar-refractivity contribution is 0.0745. The van der Waals surface area contributed by atoms with E-state index >= 15 is 0 Å². The number of carbonyl (C=O) groups is 1. The van der Waals surface area contributed by atoms with Crippen LogP contribution in [0.2, 0.25) is 0 Å². The molecule has 6 nitrogen and oxygen atoms in total. The molecule has 2 heterocycles. The van der Waals surface area contributed by atoms with E-state index in [0.717, 1.165) is 59.2 Å². The first-order chi connectivity index (χ1) is 18.6. The van der Waals surface area contributed by atoms with Crippen LogP contribution in [0.1, 0.15) is 34.3 Å². The summed E-state index contributed by atoms with van der Waals surface area (Å²) in [7, 11) is 1.70. The van der Waals surface area contributed by atoms with E-state index in [1.165, 1.54) is 31.5 Å². The molecular formula is C31H38N4O2S. The second-order valence-corrected chi connectivity index (χ2v) is 11.0. The Balaban J connectivity index is 1.15. The topological polar surface area (TPSA) is 48.1 Å². The Morgan fingerprint density at radius 1 is 0.921 bits per heavy atom. The van der Waals surface area contributed by atoms with Crippen molar-refractivity contribution in [3.8, 4) is 5.75 Å². The number of anilines is 2. The minimum absolute atomic E-state index is 0.104. The van der Waals surface area contributed by atoms with Crippen LogP contribution in [0.5, 0.6) is 5.75 Å². The third kappa shape index (κ3) is 6.45. The molecule has 2 saturated heterocycles. The first-order valence-corrected chi connectivity index (χ1v) is 14.4. The maximum absolute atomic E-state index is 13.5. The van der Waals surface area contributed by atoms with Crippen LogP contribution in [-0.2, 0) is 6.42 Å². The van der Waals surface area contributed by atoms with Crippen molar-refractivity contribution in [1.82, 2.24) is 9.80 Å². The standard InChI is InChI=1S/C31H38N4O2S/c1-24-9-14-27(38-32-26-12-10-25(11-13-26)15-18-33-16-5-6-17-33)23-28(24)31(36)35-21-19-34(20-22-35)29-7-3-4-8-30(29)37-2/h3-4,7-14,23,32H,5-6,15-22H2,1-2H3. The second kappa shape index (κ2) is 12.6. The fourth-order valence-corrected chi connectivity index (χ4v) is 5.94. The van der Waals surface area contributed by atoms with E-state index in [-0.39, 0.29) is 5.91 Å². The number of piperazine rings is 1. The van der Waals surface area contributed by atoms with E-state index in [4.69, 9.17) is 4.74 Å². The van der Waals surface area contributed by atoms with Crippen molar-refractivity contribution in [1.29, 1.82) is 0 Å². The second-order valence-electron chi connectivity index (χ2n) is 10.1. The Kier molecular flexibility index (Phi) is 8.76. The summed E-state index contributed by atoms with van der Waals surface area (Å²) in [5.41, 5.74) is 5.32. The summed E-state index contributed by atoms with van der Waals surface area (Å²) >= 11 is 1.55. The molecular weight excluding hydrogens is 492 g/mol. The van der Waals surface area contributed by atoms with Gasteiger partial charge < -0.3 is 24.2 Å². The Hall–Kier alpha value is -3.16. The van der Waals surface area contributed by atoms with Crippen molar-refractivity contribution in [2.45, 2.75) is 31.1 Å². The van der Waals surface area contributed by atoms with Gasteiger partial charge in [-0.3, -0.25) is 4.79 Å². The molecule has 2 aliphatic rings. The number of hydrogen-bond donors (Lipinski definition) is 1. The maximum atomic E-state index is 13.5. The highest BCUT2D eigenvalue weighted by Gasteiger charge is 2.25. The van der Waals surface area contributed by atoms with Gasteiger partial charge in [0.05, 0.1) is 12.8 Å². The number of aryl methyl sites for hydroxylation is 1. The fraction of sp³-hybridized carbons (Fsp3) is 0.387. The van der Waals surface area contributed by atoms with Crippen molar-refractivity contribution in [3.05, 3.63) is 83.4 Å². The molecule has 0 bridgehead atoms. The van der Waals surface area contributed by atoms with Crippen molar-refractivity contribution in [3.63, 3.8) is 0 Å². The minimum Gasteiger partial charge on any atom is -0.495 e.